The highest BCUT2D eigenvalue weighted by atomic mass is 127. The Hall–Kier alpha value is -1.58. The lowest BCUT2D eigenvalue weighted by atomic mass is 10.1. The molecule has 1 amide bonds. The number of hydrogen-bond acceptors (Lipinski definition) is 2. The number of nitrogens with one attached hydrogen (secondary N) is 1. The van der Waals surface area contributed by atoms with E-state index in [-0.39, 0.29) is 16.3 Å². The fourth-order valence-electron chi connectivity index (χ4n) is 2.35. The van der Waals surface area contributed by atoms with E-state index in [1.807, 2.05) is 0 Å². The minimum atomic E-state index is -4.55. The SMILES string of the molecule is O=C(Nc1c(Cl)cc(Cl)c2cccnc12)c1cc(C(F)(F)F)ccc1I. The fraction of sp³-hybridized carbons (Fsp3) is 0.0588. The Morgan fingerprint density at radius 1 is 1.12 bits per heavy atom. The third-order valence-corrected chi connectivity index (χ3v) is 5.12. The molecule has 26 heavy (non-hydrogen) atoms. The molecule has 0 radical (unpaired) electrons. The standard InChI is InChI=1S/C17H8Cl2F3IN2O/c18-11-7-12(19)15(14-9(11)2-1-5-24-14)25-16(26)10-6-8(17(20,21)22)3-4-13(10)23/h1-7H,(H,25,26). The first-order valence-corrected chi connectivity index (χ1v) is 8.93. The van der Waals surface area contributed by atoms with E-state index in [1.165, 1.54) is 18.3 Å². The van der Waals surface area contributed by atoms with Crippen LogP contribution in [0.3, 0.4) is 0 Å². The molecule has 0 aliphatic rings. The zero-order chi connectivity index (χ0) is 19.1. The van der Waals surface area contributed by atoms with Gasteiger partial charge in [0.25, 0.3) is 5.91 Å². The van der Waals surface area contributed by atoms with Gasteiger partial charge in [-0.1, -0.05) is 23.2 Å². The van der Waals surface area contributed by atoms with Crippen LogP contribution in [0.2, 0.25) is 10.0 Å². The van der Waals surface area contributed by atoms with Gasteiger partial charge in [-0.15, -0.1) is 0 Å². The van der Waals surface area contributed by atoms with Crippen LogP contribution in [-0.2, 0) is 6.18 Å². The molecule has 3 aromatic rings. The van der Waals surface area contributed by atoms with Gasteiger partial charge in [0.1, 0.15) is 0 Å². The molecule has 0 saturated heterocycles. The van der Waals surface area contributed by atoms with Crippen molar-refractivity contribution in [3.05, 3.63) is 67.3 Å². The Kier molecular flexibility index (Phi) is 5.32. The summed E-state index contributed by atoms with van der Waals surface area (Å²) in [6.45, 7) is 0. The van der Waals surface area contributed by atoms with Gasteiger partial charge in [-0.05, 0) is 59.0 Å². The molecule has 9 heteroatoms. The average Bonchev–Trinajstić information content (AvgIpc) is 2.57. The molecular formula is C17H8Cl2F3IN2O. The molecule has 1 N–H and O–H groups in total. The number of benzene rings is 2. The lowest BCUT2D eigenvalue weighted by molar-refractivity contribution is -0.137. The highest BCUT2D eigenvalue weighted by molar-refractivity contribution is 14.1. The summed E-state index contributed by atoms with van der Waals surface area (Å²) in [6.07, 6.45) is -3.05. The number of fused-ring (bicyclic) bond motifs is 1. The molecule has 134 valence electrons. The van der Waals surface area contributed by atoms with Crippen LogP contribution in [0.25, 0.3) is 10.9 Å². The number of anilines is 1. The summed E-state index contributed by atoms with van der Waals surface area (Å²) in [5, 5.41) is 3.60. The van der Waals surface area contributed by atoms with Gasteiger partial charge in [0.2, 0.25) is 0 Å². The van der Waals surface area contributed by atoms with Crippen molar-refractivity contribution < 1.29 is 18.0 Å². The van der Waals surface area contributed by atoms with Crippen molar-refractivity contribution >= 4 is 68.3 Å². The highest BCUT2D eigenvalue weighted by Gasteiger charge is 2.31. The molecule has 0 aliphatic carbocycles. The summed E-state index contributed by atoms with van der Waals surface area (Å²) in [6, 6.07) is 7.77. The Morgan fingerprint density at radius 2 is 1.85 bits per heavy atom. The van der Waals surface area contributed by atoms with E-state index >= 15 is 0 Å². The van der Waals surface area contributed by atoms with E-state index < -0.39 is 17.6 Å². The van der Waals surface area contributed by atoms with Crippen molar-refractivity contribution in [1.82, 2.24) is 4.98 Å². The highest BCUT2D eigenvalue weighted by Crippen LogP contribution is 2.36. The molecule has 1 aromatic heterocycles. The summed E-state index contributed by atoms with van der Waals surface area (Å²) < 4.78 is 39.2. The van der Waals surface area contributed by atoms with Crippen LogP contribution >= 0.6 is 45.8 Å². The van der Waals surface area contributed by atoms with Gasteiger partial charge in [0, 0.05) is 15.2 Å². The second-order valence-corrected chi connectivity index (χ2v) is 7.24. The minimum absolute atomic E-state index is 0.115. The third-order valence-electron chi connectivity index (χ3n) is 3.57. The molecule has 0 aliphatic heterocycles. The number of aromatic nitrogens is 1. The number of nitrogens with zero attached hydrogens (tertiary/aromatic N) is 1. The topological polar surface area (TPSA) is 42.0 Å². The van der Waals surface area contributed by atoms with Gasteiger partial charge < -0.3 is 5.32 Å². The van der Waals surface area contributed by atoms with Gasteiger partial charge in [-0.25, -0.2) is 0 Å². The van der Waals surface area contributed by atoms with E-state index in [1.54, 1.807) is 34.7 Å². The molecule has 0 bridgehead atoms. The first-order chi connectivity index (χ1) is 12.2. The number of rotatable bonds is 2. The predicted octanol–water partition coefficient (Wildman–Crippen LogP) is 6.42. The quantitative estimate of drug-likeness (QED) is 0.404. The van der Waals surface area contributed by atoms with Crippen LogP contribution in [0.15, 0.2) is 42.6 Å². The van der Waals surface area contributed by atoms with Crippen molar-refractivity contribution in [2.45, 2.75) is 6.18 Å². The van der Waals surface area contributed by atoms with Gasteiger partial charge in [0.05, 0.1) is 32.4 Å². The maximum absolute atomic E-state index is 12.9. The zero-order valence-electron chi connectivity index (χ0n) is 12.7. The second-order valence-electron chi connectivity index (χ2n) is 5.26. The molecule has 0 saturated carbocycles. The van der Waals surface area contributed by atoms with Gasteiger partial charge in [0.15, 0.2) is 0 Å². The fourth-order valence-corrected chi connectivity index (χ4v) is 3.49. The van der Waals surface area contributed by atoms with E-state index in [0.717, 1.165) is 12.1 Å². The van der Waals surface area contributed by atoms with Crippen LogP contribution in [0.4, 0.5) is 18.9 Å². The lowest BCUT2D eigenvalue weighted by Crippen LogP contribution is -2.16. The second kappa shape index (κ2) is 7.21. The largest absolute Gasteiger partial charge is 0.416 e. The van der Waals surface area contributed by atoms with Crippen LogP contribution < -0.4 is 5.32 Å². The van der Waals surface area contributed by atoms with E-state index in [2.05, 4.69) is 10.3 Å². The molecule has 3 nitrogen and oxygen atoms in total. The number of amides is 1. The number of carbonyl (C=O) groups is 1. The summed E-state index contributed by atoms with van der Waals surface area (Å²) in [7, 11) is 0. The Balaban J connectivity index is 2.06. The van der Waals surface area contributed by atoms with Gasteiger partial charge >= 0.3 is 6.18 Å². The molecule has 0 atom stereocenters. The van der Waals surface area contributed by atoms with Crippen LogP contribution in [-0.4, -0.2) is 10.9 Å². The summed E-state index contributed by atoms with van der Waals surface area (Å²) in [4.78, 5) is 16.8. The van der Waals surface area contributed by atoms with Crippen molar-refractivity contribution in [1.29, 1.82) is 0 Å². The maximum Gasteiger partial charge on any atom is 0.416 e. The molecule has 2 aromatic carbocycles. The van der Waals surface area contributed by atoms with Crippen LogP contribution in [0.1, 0.15) is 15.9 Å². The number of alkyl halides is 3. The number of hydrogen-bond donors (Lipinski definition) is 1. The minimum Gasteiger partial charge on any atom is -0.319 e. The van der Waals surface area contributed by atoms with Crippen LogP contribution in [0, 0.1) is 3.57 Å². The Morgan fingerprint density at radius 3 is 2.54 bits per heavy atom. The number of halogens is 6. The number of carbonyl (C=O) groups excluding carboxylic acids is 1. The van der Waals surface area contributed by atoms with Crippen molar-refractivity contribution in [3.63, 3.8) is 0 Å². The Bertz CT molecular complexity index is 1020. The van der Waals surface area contributed by atoms with Gasteiger partial charge in [-0.2, -0.15) is 13.2 Å². The van der Waals surface area contributed by atoms with Crippen molar-refractivity contribution in [3.8, 4) is 0 Å². The maximum atomic E-state index is 12.9. The van der Waals surface area contributed by atoms with Crippen molar-refractivity contribution in [2.24, 2.45) is 0 Å². The monoisotopic (exact) mass is 510 g/mol. The smallest absolute Gasteiger partial charge is 0.319 e. The predicted molar refractivity (Wildman–Crippen MR) is 104 cm³/mol. The number of pyridine rings is 1. The molecule has 0 spiro atoms. The van der Waals surface area contributed by atoms with Crippen LogP contribution in [0.5, 0.6) is 0 Å². The molecule has 0 fully saturated rings. The molecule has 0 unspecified atom stereocenters. The Labute approximate surface area is 169 Å². The van der Waals surface area contributed by atoms with Gasteiger partial charge in [-0.3, -0.25) is 9.78 Å². The van der Waals surface area contributed by atoms with Crippen molar-refractivity contribution in [2.75, 3.05) is 5.32 Å². The lowest BCUT2D eigenvalue weighted by Gasteiger charge is -2.13. The normalized spacial score (nSPS) is 11.6. The molecular weight excluding hydrogens is 503 g/mol. The summed E-state index contributed by atoms with van der Waals surface area (Å²) >= 11 is 14.1. The van der Waals surface area contributed by atoms with E-state index in [9.17, 15) is 18.0 Å². The van der Waals surface area contributed by atoms with E-state index in [0.29, 0.717) is 19.5 Å². The average molecular weight is 511 g/mol. The zero-order valence-corrected chi connectivity index (χ0v) is 16.3. The third kappa shape index (κ3) is 3.74. The summed E-state index contributed by atoms with van der Waals surface area (Å²) in [5.41, 5.74) is -0.492. The first kappa shape index (κ1) is 19.2. The van der Waals surface area contributed by atoms with E-state index in [4.69, 9.17) is 23.2 Å². The molecule has 1 heterocycles. The first-order valence-electron chi connectivity index (χ1n) is 7.09. The summed E-state index contributed by atoms with van der Waals surface area (Å²) in [5.74, 6) is -0.725. The molecule has 3 rings (SSSR count).